The molecule has 0 saturated carbocycles. The van der Waals surface area contributed by atoms with E-state index < -0.39 is 0 Å². The Morgan fingerprint density at radius 3 is 2.53 bits per heavy atom. The van der Waals surface area contributed by atoms with E-state index in [1.54, 1.807) is 11.3 Å². The van der Waals surface area contributed by atoms with E-state index in [4.69, 9.17) is 0 Å². The van der Waals surface area contributed by atoms with Gasteiger partial charge in [0.05, 0.1) is 5.39 Å². The predicted molar refractivity (Wildman–Crippen MR) is 81.4 cm³/mol. The molecule has 3 rings (SSSR count). The minimum Gasteiger partial charge on any atom is -0.507 e. The summed E-state index contributed by atoms with van der Waals surface area (Å²) >= 11 is 1.54. The van der Waals surface area contributed by atoms with E-state index in [2.05, 4.69) is 0 Å². The molecular weight excluding hydrogens is 256 g/mol. The van der Waals surface area contributed by atoms with Crippen LogP contribution >= 0.6 is 11.3 Å². The molecule has 0 unspecified atom stereocenters. The molecule has 2 nitrogen and oxygen atoms in total. The Kier molecular flexibility index (Phi) is 2.79. The maximum absolute atomic E-state index is 12.5. The van der Waals surface area contributed by atoms with Crippen molar-refractivity contribution in [3.05, 3.63) is 52.2 Å². The van der Waals surface area contributed by atoms with E-state index in [0.29, 0.717) is 10.8 Å². The van der Waals surface area contributed by atoms with Gasteiger partial charge in [-0.1, -0.05) is 32.0 Å². The minimum atomic E-state index is -0.0793. The van der Waals surface area contributed by atoms with Crippen molar-refractivity contribution in [3.8, 4) is 5.75 Å². The zero-order valence-corrected chi connectivity index (χ0v) is 11.6. The summed E-state index contributed by atoms with van der Waals surface area (Å²) in [6, 6.07) is 11.4. The quantitative estimate of drug-likeness (QED) is 0.671. The van der Waals surface area contributed by atoms with Gasteiger partial charge < -0.3 is 5.11 Å². The van der Waals surface area contributed by atoms with E-state index in [9.17, 15) is 9.90 Å². The van der Waals surface area contributed by atoms with E-state index >= 15 is 0 Å². The van der Waals surface area contributed by atoms with Gasteiger partial charge in [-0.05, 0) is 29.7 Å². The zero-order chi connectivity index (χ0) is 13.6. The lowest BCUT2D eigenvalue weighted by Crippen LogP contribution is -2.02. The number of hydrogen-bond acceptors (Lipinski definition) is 3. The second kappa shape index (κ2) is 4.35. The number of aromatic hydroxyl groups is 1. The normalized spacial score (nSPS) is 11.5. The Morgan fingerprint density at radius 1 is 1.05 bits per heavy atom. The minimum absolute atomic E-state index is 0.0793. The van der Waals surface area contributed by atoms with Crippen molar-refractivity contribution in [3.63, 3.8) is 0 Å². The number of phenolic OH excluding ortho intramolecular Hbond substituents is 1. The first kappa shape index (κ1) is 12.2. The standard InChI is InChI=1S/C16H14O2S/c1-9(2)10-7-8-13-14(15(10)17)16(18)11-5-3-4-6-12(11)19-13/h3-9,17H,1-2H3. The van der Waals surface area contributed by atoms with Crippen LogP contribution in [-0.2, 0) is 0 Å². The molecule has 0 aliphatic carbocycles. The highest BCUT2D eigenvalue weighted by Crippen LogP contribution is 2.35. The SMILES string of the molecule is CC(C)c1ccc2sc3ccccc3c(=O)c2c1O. The Bertz CT molecular complexity index is 831. The molecule has 0 fully saturated rings. The summed E-state index contributed by atoms with van der Waals surface area (Å²) in [6.07, 6.45) is 0. The maximum atomic E-state index is 12.5. The third kappa shape index (κ3) is 1.81. The first-order chi connectivity index (χ1) is 9.09. The molecule has 0 aliphatic heterocycles. The third-order valence-electron chi connectivity index (χ3n) is 3.37. The van der Waals surface area contributed by atoms with Crippen LogP contribution in [0.5, 0.6) is 5.75 Å². The van der Waals surface area contributed by atoms with Crippen LogP contribution in [0, 0.1) is 0 Å². The molecule has 2 aromatic carbocycles. The molecule has 1 aromatic heterocycles. The molecule has 0 radical (unpaired) electrons. The molecule has 1 heterocycles. The van der Waals surface area contributed by atoms with Crippen LogP contribution in [0.25, 0.3) is 20.2 Å². The molecule has 0 aliphatic rings. The third-order valence-corrected chi connectivity index (χ3v) is 4.51. The van der Waals surface area contributed by atoms with E-state index in [1.165, 1.54) is 0 Å². The smallest absolute Gasteiger partial charge is 0.199 e. The molecule has 3 heteroatoms. The molecule has 0 saturated heterocycles. The number of benzene rings is 2. The lowest BCUT2D eigenvalue weighted by atomic mass is 10.00. The first-order valence-corrected chi connectivity index (χ1v) is 7.08. The van der Waals surface area contributed by atoms with Crippen LogP contribution in [0.2, 0.25) is 0 Å². The van der Waals surface area contributed by atoms with Crippen molar-refractivity contribution >= 4 is 31.5 Å². The average Bonchev–Trinajstić information content (AvgIpc) is 2.38. The predicted octanol–water partition coefficient (Wildman–Crippen LogP) is 4.24. The first-order valence-electron chi connectivity index (χ1n) is 6.27. The molecule has 0 spiro atoms. The van der Waals surface area contributed by atoms with Crippen LogP contribution < -0.4 is 5.43 Å². The second-order valence-corrected chi connectivity index (χ2v) is 6.04. The van der Waals surface area contributed by atoms with Gasteiger partial charge in [-0.15, -0.1) is 11.3 Å². The fourth-order valence-corrected chi connectivity index (χ4v) is 3.44. The van der Waals surface area contributed by atoms with E-state index in [1.807, 2.05) is 50.2 Å². The van der Waals surface area contributed by atoms with Gasteiger partial charge in [-0.2, -0.15) is 0 Å². The average molecular weight is 270 g/mol. The van der Waals surface area contributed by atoms with Gasteiger partial charge in [0, 0.05) is 14.8 Å². The monoisotopic (exact) mass is 270 g/mol. The van der Waals surface area contributed by atoms with Crippen LogP contribution in [0.1, 0.15) is 25.3 Å². The van der Waals surface area contributed by atoms with E-state index in [-0.39, 0.29) is 17.1 Å². The van der Waals surface area contributed by atoms with Crippen molar-refractivity contribution in [1.82, 2.24) is 0 Å². The van der Waals surface area contributed by atoms with Crippen molar-refractivity contribution < 1.29 is 5.11 Å². The molecule has 1 N–H and O–H groups in total. The van der Waals surface area contributed by atoms with Gasteiger partial charge in [0.25, 0.3) is 0 Å². The Morgan fingerprint density at radius 2 is 1.79 bits per heavy atom. The van der Waals surface area contributed by atoms with Crippen molar-refractivity contribution in [2.24, 2.45) is 0 Å². The van der Waals surface area contributed by atoms with Crippen molar-refractivity contribution in [2.75, 3.05) is 0 Å². The summed E-state index contributed by atoms with van der Waals surface area (Å²) in [6.45, 7) is 4.02. The van der Waals surface area contributed by atoms with Crippen molar-refractivity contribution in [2.45, 2.75) is 19.8 Å². The highest BCUT2D eigenvalue weighted by atomic mass is 32.1. The summed E-state index contributed by atoms with van der Waals surface area (Å²) in [4.78, 5) is 12.5. The van der Waals surface area contributed by atoms with Gasteiger partial charge in [-0.25, -0.2) is 0 Å². The molecule has 0 bridgehead atoms. The van der Waals surface area contributed by atoms with Crippen LogP contribution in [-0.4, -0.2) is 5.11 Å². The van der Waals surface area contributed by atoms with Gasteiger partial charge in [0.1, 0.15) is 5.75 Å². The molecule has 19 heavy (non-hydrogen) atoms. The fourth-order valence-electron chi connectivity index (χ4n) is 2.36. The molecule has 0 amide bonds. The molecule has 3 aromatic rings. The molecule has 0 atom stereocenters. The summed E-state index contributed by atoms with van der Waals surface area (Å²) in [5.41, 5.74) is 0.747. The van der Waals surface area contributed by atoms with Crippen LogP contribution in [0.15, 0.2) is 41.2 Å². The van der Waals surface area contributed by atoms with E-state index in [0.717, 1.165) is 15.0 Å². The zero-order valence-electron chi connectivity index (χ0n) is 10.8. The topological polar surface area (TPSA) is 37.3 Å². The number of phenols is 1. The summed E-state index contributed by atoms with van der Waals surface area (Å²) in [5, 5.41) is 11.5. The summed E-state index contributed by atoms with van der Waals surface area (Å²) in [5.74, 6) is 0.333. The Balaban J connectivity index is 2.53. The summed E-state index contributed by atoms with van der Waals surface area (Å²) in [7, 11) is 0. The highest BCUT2D eigenvalue weighted by molar-refractivity contribution is 7.24. The Labute approximate surface area is 114 Å². The molecule has 96 valence electrons. The second-order valence-electron chi connectivity index (χ2n) is 4.96. The highest BCUT2D eigenvalue weighted by Gasteiger charge is 2.14. The number of fused-ring (bicyclic) bond motifs is 2. The summed E-state index contributed by atoms with van der Waals surface area (Å²) < 4.78 is 1.79. The van der Waals surface area contributed by atoms with Gasteiger partial charge >= 0.3 is 0 Å². The lowest BCUT2D eigenvalue weighted by Gasteiger charge is -2.10. The van der Waals surface area contributed by atoms with Crippen LogP contribution in [0.4, 0.5) is 0 Å². The lowest BCUT2D eigenvalue weighted by molar-refractivity contribution is 0.471. The molecular formula is C16H14O2S. The fraction of sp³-hybridized carbons (Fsp3) is 0.188. The van der Waals surface area contributed by atoms with Crippen molar-refractivity contribution in [1.29, 1.82) is 0 Å². The van der Waals surface area contributed by atoms with Gasteiger partial charge in [-0.3, -0.25) is 4.79 Å². The largest absolute Gasteiger partial charge is 0.507 e. The number of hydrogen-bond donors (Lipinski definition) is 1. The Hall–Kier alpha value is -1.87. The maximum Gasteiger partial charge on any atom is 0.199 e. The van der Waals surface area contributed by atoms with Gasteiger partial charge in [0.2, 0.25) is 0 Å². The van der Waals surface area contributed by atoms with Crippen LogP contribution in [0.3, 0.4) is 0 Å². The van der Waals surface area contributed by atoms with Gasteiger partial charge in [0.15, 0.2) is 5.43 Å². The number of rotatable bonds is 1.